The fourth-order valence-corrected chi connectivity index (χ4v) is 3.71. The Balaban J connectivity index is 1.25. The highest BCUT2D eigenvalue weighted by atomic mass is 16.5. The molecule has 26 heavy (non-hydrogen) atoms. The van der Waals surface area contributed by atoms with Crippen molar-refractivity contribution < 1.29 is 9.53 Å². The van der Waals surface area contributed by atoms with Gasteiger partial charge in [-0.05, 0) is 24.8 Å². The first-order chi connectivity index (χ1) is 12.7. The third-order valence-corrected chi connectivity index (χ3v) is 5.30. The number of likely N-dealkylation sites (tertiary alicyclic amines) is 1. The fourth-order valence-electron chi connectivity index (χ4n) is 3.71. The van der Waals surface area contributed by atoms with Gasteiger partial charge in [-0.2, -0.15) is 0 Å². The third-order valence-electron chi connectivity index (χ3n) is 5.30. The fraction of sp³-hybridized carbons (Fsp3) is 0.526. The Morgan fingerprint density at radius 1 is 1.27 bits per heavy atom. The molecule has 1 saturated carbocycles. The molecule has 0 spiro atoms. The summed E-state index contributed by atoms with van der Waals surface area (Å²) in [5.41, 5.74) is 2.16. The molecule has 2 aliphatic rings. The van der Waals surface area contributed by atoms with E-state index in [0.29, 0.717) is 18.6 Å². The minimum absolute atomic E-state index is 0.0607. The second-order valence-electron chi connectivity index (χ2n) is 7.15. The van der Waals surface area contributed by atoms with Gasteiger partial charge >= 0.3 is 6.03 Å². The number of aromatic nitrogens is 3. The molecule has 7 nitrogen and oxygen atoms in total. The molecule has 1 aliphatic heterocycles. The molecular formula is C19H25N5O2. The highest BCUT2D eigenvalue weighted by molar-refractivity contribution is 5.75. The van der Waals surface area contributed by atoms with Gasteiger partial charge in [0.1, 0.15) is 5.69 Å². The van der Waals surface area contributed by atoms with Crippen LogP contribution in [-0.2, 0) is 11.3 Å². The predicted octanol–water partition coefficient (Wildman–Crippen LogP) is 2.33. The van der Waals surface area contributed by atoms with Crippen LogP contribution in [0.1, 0.15) is 42.5 Å². The van der Waals surface area contributed by atoms with Crippen LogP contribution in [0.4, 0.5) is 4.79 Å². The Morgan fingerprint density at radius 3 is 2.77 bits per heavy atom. The lowest BCUT2D eigenvalue weighted by atomic mass is 10.1. The zero-order valence-electron chi connectivity index (χ0n) is 15.0. The van der Waals surface area contributed by atoms with E-state index in [4.69, 9.17) is 4.74 Å². The monoisotopic (exact) mass is 355 g/mol. The molecule has 1 aromatic carbocycles. The van der Waals surface area contributed by atoms with Crippen LogP contribution in [0.2, 0.25) is 0 Å². The number of methoxy groups -OCH3 is 1. The van der Waals surface area contributed by atoms with Crippen molar-refractivity contribution in [3.8, 4) is 0 Å². The maximum Gasteiger partial charge on any atom is 0.317 e. The third kappa shape index (κ3) is 3.72. The Bertz CT molecular complexity index is 739. The van der Waals surface area contributed by atoms with Crippen LogP contribution in [-0.4, -0.2) is 52.2 Å². The van der Waals surface area contributed by atoms with Crippen molar-refractivity contribution in [2.24, 2.45) is 0 Å². The van der Waals surface area contributed by atoms with Crippen LogP contribution < -0.4 is 5.32 Å². The smallest absolute Gasteiger partial charge is 0.317 e. The van der Waals surface area contributed by atoms with Crippen LogP contribution in [0.3, 0.4) is 0 Å². The zero-order chi connectivity index (χ0) is 17.9. The lowest BCUT2D eigenvalue weighted by Crippen LogP contribution is -2.45. The van der Waals surface area contributed by atoms with Gasteiger partial charge in [0.25, 0.3) is 0 Å². The molecule has 0 unspecified atom stereocenters. The Kier molecular flexibility index (Phi) is 4.88. The summed E-state index contributed by atoms with van der Waals surface area (Å²) in [4.78, 5) is 14.4. The Morgan fingerprint density at radius 2 is 2.04 bits per heavy atom. The molecule has 138 valence electrons. The molecule has 1 aliphatic carbocycles. The highest BCUT2D eigenvalue weighted by Crippen LogP contribution is 2.40. The van der Waals surface area contributed by atoms with E-state index in [1.165, 1.54) is 5.56 Å². The summed E-state index contributed by atoms with van der Waals surface area (Å²) < 4.78 is 7.00. The van der Waals surface area contributed by atoms with Gasteiger partial charge in [-0.3, -0.25) is 0 Å². The molecule has 2 heterocycles. The Labute approximate surface area is 153 Å². The van der Waals surface area contributed by atoms with E-state index < -0.39 is 0 Å². The lowest BCUT2D eigenvalue weighted by molar-refractivity contribution is 0.167. The summed E-state index contributed by atoms with van der Waals surface area (Å²) in [6.07, 6.45) is 4.78. The van der Waals surface area contributed by atoms with Crippen molar-refractivity contribution in [1.29, 1.82) is 0 Å². The molecule has 2 amide bonds. The number of hydrogen-bond acceptors (Lipinski definition) is 4. The first kappa shape index (κ1) is 17.0. The number of nitrogens with zero attached hydrogens (tertiary/aromatic N) is 4. The van der Waals surface area contributed by atoms with Gasteiger partial charge in [0.05, 0.1) is 18.8 Å². The maximum absolute atomic E-state index is 12.5. The average Bonchev–Trinajstić information content (AvgIpc) is 3.29. The highest BCUT2D eigenvalue weighted by Gasteiger charge is 2.40. The second kappa shape index (κ2) is 7.45. The van der Waals surface area contributed by atoms with E-state index >= 15 is 0 Å². The molecule has 2 atom stereocenters. The molecule has 7 heteroatoms. The van der Waals surface area contributed by atoms with E-state index in [2.05, 4.69) is 39.9 Å². The second-order valence-corrected chi connectivity index (χ2v) is 7.15. The number of urea groups is 1. The molecule has 0 radical (unpaired) electrons. The number of carbonyl (C=O) groups is 1. The normalized spacial score (nSPS) is 23.0. The van der Waals surface area contributed by atoms with Crippen molar-refractivity contribution in [2.45, 2.75) is 43.9 Å². The topological polar surface area (TPSA) is 72.3 Å². The molecule has 0 bridgehead atoms. The number of piperidine rings is 1. The number of benzene rings is 1. The van der Waals surface area contributed by atoms with Crippen molar-refractivity contribution in [3.63, 3.8) is 0 Å². The summed E-state index contributed by atoms with van der Waals surface area (Å²) in [6, 6.07) is 11.0. The van der Waals surface area contributed by atoms with Gasteiger partial charge in [0.15, 0.2) is 0 Å². The SMILES string of the molecule is COCc1cn(C2CCN(C(=O)N[C@@H]3C[C@H]3c3ccccc3)CC2)nn1. The summed E-state index contributed by atoms with van der Waals surface area (Å²) in [7, 11) is 1.65. The number of ether oxygens (including phenoxy) is 1. The average molecular weight is 355 g/mol. The maximum atomic E-state index is 12.5. The summed E-state index contributed by atoms with van der Waals surface area (Å²) >= 11 is 0. The molecule has 4 rings (SSSR count). The van der Waals surface area contributed by atoms with Gasteiger partial charge in [-0.1, -0.05) is 35.5 Å². The number of nitrogens with one attached hydrogen (secondary N) is 1. The molecule has 2 aromatic rings. The summed E-state index contributed by atoms with van der Waals surface area (Å²) in [6.45, 7) is 1.97. The van der Waals surface area contributed by atoms with E-state index in [9.17, 15) is 4.79 Å². The summed E-state index contributed by atoms with van der Waals surface area (Å²) in [5, 5.41) is 11.5. The number of amides is 2. The van der Waals surface area contributed by atoms with Crippen LogP contribution in [0.25, 0.3) is 0 Å². The first-order valence-corrected chi connectivity index (χ1v) is 9.24. The standard InChI is InChI=1S/C19H25N5O2/c1-26-13-15-12-24(22-21-15)16-7-9-23(10-8-16)19(25)20-18-11-17(18)14-5-3-2-4-6-14/h2-6,12,16-18H,7-11,13H2,1H3,(H,20,25)/t17-,18+/m0/s1. The Hall–Kier alpha value is -2.41. The van der Waals surface area contributed by atoms with Crippen molar-refractivity contribution in [1.82, 2.24) is 25.2 Å². The minimum atomic E-state index is 0.0607. The molecule has 1 N–H and O–H groups in total. The lowest BCUT2D eigenvalue weighted by Gasteiger charge is -2.32. The zero-order valence-corrected chi connectivity index (χ0v) is 15.0. The van der Waals surface area contributed by atoms with Gasteiger partial charge in [-0.25, -0.2) is 9.48 Å². The predicted molar refractivity (Wildman–Crippen MR) is 96.7 cm³/mol. The van der Waals surface area contributed by atoms with Crippen molar-refractivity contribution in [3.05, 3.63) is 47.8 Å². The van der Waals surface area contributed by atoms with Gasteiger partial charge in [-0.15, -0.1) is 5.10 Å². The van der Waals surface area contributed by atoms with Crippen molar-refractivity contribution in [2.75, 3.05) is 20.2 Å². The van der Waals surface area contributed by atoms with Gasteiger partial charge in [0.2, 0.25) is 0 Å². The van der Waals surface area contributed by atoms with Crippen LogP contribution in [0, 0.1) is 0 Å². The minimum Gasteiger partial charge on any atom is -0.378 e. The van der Waals surface area contributed by atoms with E-state index in [0.717, 1.165) is 38.0 Å². The molecular weight excluding hydrogens is 330 g/mol. The van der Waals surface area contributed by atoms with Crippen LogP contribution in [0.15, 0.2) is 36.5 Å². The molecule has 2 fully saturated rings. The molecule has 1 saturated heterocycles. The van der Waals surface area contributed by atoms with Crippen LogP contribution in [0.5, 0.6) is 0 Å². The number of carbonyl (C=O) groups excluding carboxylic acids is 1. The first-order valence-electron chi connectivity index (χ1n) is 9.24. The number of hydrogen-bond donors (Lipinski definition) is 1. The quantitative estimate of drug-likeness (QED) is 0.893. The van der Waals surface area contributed by atoms with E-state index in [1.54, 1.807) is 7.11 Å². The van der Waals surface area contributed by atoms with E-state index in [1.807, 2.05) is 21.8 Å². The van der Waals surface area contributed by atoms with Gasteiger partial charge < -0.3 is 15.0 Å². The van der Waals surface area contributed by atoms with Crippen molar-refractivity contribution >= 4 is 6.03 Å². The summed E-state index contributed by atoms with van der Waals surface area (Å²) in [5.74, 6) is 0.465. The van der Waals surface area contributed by atoms with Gasteiger partial charge in [0, 0.05) is 32.2 Å². The van der Waals surface area contributed by atoms with E-state index in [-0.39, 0.29) is 12.1 Å². The molecule has 1 aromatic heterocycles. The largest absolute Gasteiger partial charge is 0.378 e. The van der Waals surface area contributed by atoms with Crippen LogP contribution >= 0.6 is 0 Å². The number of rotatable bonds is 5.